The second-order valence-corrected chi connectivity index (χ2v) is 6.42. The summed E-state index contributed by atoms with van der Waals surface area (Å²) >= 11 is 0. The van der Waals surface area contributed by atoms with Crippen LogP contribution in [0.4, 0.5) is 11.4 Å². The lowest BCUT2D eigenvalue weighted by molar-refractivity contribution is 0.0682. The molecule has 1 N–H and O–H groups in total. The van der Waals surface area contributed by atoms with Crippen LogP contribution >= 0.6 is 0 Å². The number of methoxy groups -OCH3 is 1. The Morgan fingerprint density at radius 3 is 2.43 bits per heavy atom. The Hall–Kier alpha value is -1.22. The fraction of sp³-hybridized carbons (Fsp3) is 0.667. The van der Waals surface area contributed by atoms with E-state index in [-0.39, 0.29) is 0 Å². The van der Waals surface area contributed by atoms with Gasteiger partial charge in [0.1, 0.15) is 0 Å². The number of ether oxygens (including phenoxy) is 1. The average Bonchev–Trinajstić information content (AvgIpc) is 2.57. The molecule has 0 atom stereocenters. The highest BCUT2D eigenvalue weighted by molar-refractivity contribution is 5.70. The van der Waals surface area contributed by atoms with Crippen LogP contribution in [-0.2, 0) is 4.74 Å². The van der Waals surface area contributed by atoms with Crippen LogP contribution in [0.3, 0.4) is 0 Å². The zero-order valence-electron chi connectivity index (χ0n) is 13.2. The molecule has 0 unspecified atom stereocenters. The molecular weight excluding hydrogens is 260 g/mol. The van der Waals surface area contributed by atoms with E-state index >= 15 is 0 Å². The third kappa shape index (κ3) is 3.70. The number of hydrogen-bond donors (Lipinski definition) is 1. The van der Waals surface area contributed by atoms with E-state index in [1.165, 1.54) is 69.4 Å². The van der Waals surface area contributed by atoms with Crippen molar-refractivity contribution in [2.24, 2.45) is 0 Å². The highest BCUT2D eigenvalue weighted by Gasteiger charge is 2.22. The Balaban J connectivity index is 1.65. The summed E-state index contributed by atoms with van der Waals surface area (Å²) in [6.07, 6.45) is 9.30. The van der Waals surface area contributed by atoms with Gasteiger partial charge in [0.2, 0.25) is 0 Å². The van der Waals surface area contributed by atoms with Gasteiger partial charge in [-0.1, -0.05) is 12.1 Å². The molecule has 0 aromatic heterocycles. The fourth-order valence-corrected chi connectivity index (χ4v) is 3.67. The first-order chi connectivity index (χ1) is 10.4. The van der Waals surface area contributed by atoms with E-state index in [0.717, 1.165) is 0 Å². The minimum atomic E-state index is 0.473. The molecule has 3 heteroatoms. The molecule has 1 aromatic rings. The van der Waals surface area contributed by atoms with E-state index in [9.17, 15) is 0 Å². The van der Waals surface area contributed by atoms with Gasteiger partial charge >= 0.3 is 0 Å². The van der Waals surface area contributed by atoms with E-state index in [0.29, 0.717) is 12.1 Å². The molecule has 116 valence electrons. The highest BCUT2D eigenvalue weighted by atomic mass is 16.5. The van der Waals surface area contributed by atoms with Gasteiger partial charge < -0.3 is 15.0 Å². The zero-order chi connectivity index (χ0) is 14.5. The number of para-hydroxylation sites is 2. The van der Waals surface area contributed by atoms with Crippen LogP contribution in [0.2, 0.25) is 0 Å². The first kappa shape index (κ1) is 14.7. The van der Waals surface area contributed by atoms with Crippen molar-refractivity contribution in [3.8, 4) is 0 Å². The Morgan fingerprint density at radius 1 is 1.00 bits per heavy atom. The Bertz CT molecular complexity index is 435. The minimum Gasteiger partial charge on any atom is -0.381 e. The monoisotopic (exact) mass is 288 g/mol. The predicted octanol–water partition coefficient (Wildman–Crippen LogP) is 4.05. The standard InChI is InChI=1S/C18H28N2O/c1-21-16-11-9-15(10-12-16)19-17-7-3-4-8-18(17)20-13-5-2-6-14-20/h3-4,7-8,15-16,19H,2,5-6,9-14H2,1H3. The number of piperidine rings is 1. The van der Waals surface area contributed by atoms with E-state index in [1.807, 2.05) is 7.11 Å². The maximum atomic E-state index is 5.47. The van der Waals surface area contributed by atoms with Crippen LogP contribution in [0.25, 0.3) is 0 Å². The van der Waals surface area contributed by atoms with Gasteiger partial charge in [-0.3, -0.25) is 0 Å². The van der Waals surface area contributed by atoms with Gasteiger partial charge in [0.15, 0.2) is 0 Å². The Morgan fingerprint density at radius 2 is 1.71 bits per heavy atom. The molecule has 1 aliphatic carbocycles. The maximum Gasteiger partial charge on any atom is 0.0602 e. The molecule has 1 aromatic carbocycles. The minimum absolute atomic E-state index is 0.473. The average molecular weight is 288 g/mol. The maximum absolute atomic E-state index is 5.47. The third-order valence-electron chi connectivity index (χ3n) is 4.97. The van der Waals surface area contributed by atoms with E-state index in [2.05, 4.69) is 34.5 Å². The summed E-state index contributed by atoms with van der Waals surface area (Å²) in [5.41, 5.74) is 2.71. The number of hydrogen-bond acceptors (Lipinski definition) is 3. The molecular formula is C18H28N2O. The molecule has 0 amide bonds. The van der Waals surface area contributed by atoms with Crippen molar-refractivity contribution in [1.29, 1.82) is 0 Å². The van der Waals surface area contributed by atoms with Gasteiger partial charge in [0.25, 0.3) is 0 Å². The lowest BCUT2D eigenvalue weighted by atomic mass is 9.92. The van der Waals surface area contributed by atoms with Crippen molar-refractivity contribution in [1.82, 2.24) is 0 Å². The van der Waals surface area contributed by atoms with Crippen LogP contribution in [0.15, 0.2) is 24.3 Å². The number of nitrogens with zero attached hydrogens (tertiary/aromatic N) is 1. The number of nitrogens with one attached hydrogen (secondary N) is 1. The summed E-state index contributed by atoms with van der Waals surface area (Å²) in [4.78, 5) is 2.55. The van der Waals surface area contributed by atoms with Crippen LogP contribution in [0.1, 0.15) is 44.9 Å². The van der Waals surface area contributed by atoms with Gasteiger partial charge in [0.05, 0.1) is 17.5 Å². The summed E-state index contributed by atoms with van der Waals surface area (Å²) < 4.78 is 5.47. The van der Waals surface area contributed by atoms with Crippen LogP contribution in [-0.4, -0.2) is 32.3 Å². The molecule has 1 saturated carbocycles. The van der Waals surface area contributed by atoms with Gasteiger partial charge in [-0.15, -0.1) is 0 Å². The lowest BCUT2D eigenvalue weighted by Crippen LogP contribution is -2.32. The van der Waals surface area contributed by atoms with Crippen molar-refractivity contribution in [2.75, 3.05) is 30.4 Å². The predicted molar refractivity (Wildman–Crippen MR) is 89.2 cm³/mol. The molecule has 1 aliphatic heterocycles. The van der Waals surface area contributed by atoms with Crippen LogP contribution in [0, 0.1) is 0 Å². The first-order valence-electron chi connectivity index (χ1n) is 8.50. The SMILES string of the molecule is COC1CCC(Nc2ccccc2N2CCCCC2)CC1. The number of benzene rings is 1. The largest absolute Gasteiger partial charge is 0.381 e. The van der Waals surface area contributed by atoms with Gasteiger partial charge in [0, 0.05) is 26.2 Å². The Labute approximate surface area is 128 Å². The van der Waals surface area contributed by atoms with E-state index < -0.39 is 0 Å². The highest BCUT2D eigenvalue weighted by Crippen LogP contribution is 2.31. The van der Waals surface area contributed by atoms with Crippen LogP contribution in [0.5, 0.6) is 0 Å². The van der Waals surface area contributed by atoms with Gasteiger partial charge in [-0.25, -0.2) is 0 Å². The summed E-state index contributed by atoms with van der Waals surface area (Å²) in [6.45, 7) is 2.41. The van der Waals surface area contributed by atoms with E-state index in [4.69, 9.17) is 4.74 Å². The van der Waals surface area contributed by atoms with Crippen molar-refractivity contribution in [3.05, 3.63) is 24.3 Å². The summed E-state index contributed by atoms with van der Waals surface area (Å²) in [5, 5.41) is 3.79. The quantitative estimate of drug-likeness (QED) is 0.904. The second-order valence-electron chi connectivity index (χ2n) is 6.42. The normalized spacial score (nSPS) is 26.6. The van der Waals surface area contributed by atoms with Crippen molar-refractivity contribution in [2.45, 2.75) is 57.1 Å². The summed E-state index contributed by atoms with van der Waals surface area (Å²) in [6, 6.07) is 9.43. The molecule has 2 fully saturated rings. The van der Waals surface area contributed by atoms with Gasteiger partial charge in [-0.05, 0) is 57.1 Å². The molecule has 1 saturated heterocycles. The van der Waals surface area contributed by atoms with Gasteiger partial charge in [-0.2, -0.15) is 0 Å². The molecule has 0 spiro atoms. The smallest absolute Gasteiger partial charge is 0.0602 e. The molecule has 0 bridgehead atoms. The molecule has 2 aliphatic rings. The second kappa shape index (κ2) is 7.17. The summed E-state index contributed by atoms with van der Waals surface area (Å²) in [5.74, 6) is 0. The fourth-order valence-electron chi connectivity index (χ4n) is 3.67. The molecule has 21 heavy (non-hydrogen) atoms. The lowest BCUT2D eigenvalue weighted by Gasteiger charge is -2.33. The first-order valence-corrected chi connectivity index (χ1v) is 8.50. The third-order valence-corrected chi connectivity index (χ3v) is 4.97. The van der Waals surface area contributed by atoms with Crippen molar-refractivity contribution >= 4 is 11.4 Å². The zero-order valence-corrected chi connectivity index (χ0v) is 13.2. The molecule has 0 radical (unpaired) electrons. The van der Waals surface area contributed by atoms with Crippen molar-refractivity contribution in [3.63, 3.8) is 0 Å². The molecule has 3 nitrogen and oxygen atoms in total. The number of rotatable bonds is 4. The van der Waals surface area contributed by atoms with E-state index in [1.54, 1.807) is 0 Å². The van der Waals surface area contributed by atoms with Crippen LogP contribution < -0.4 is 10.2 Å². The topological polar surface area (TPSA) is 24.5 Å². The van der Waals surface area contributed by atoms with Crippen molar-refractivity contribution < 1.29 is 4.74 Å². The number of anilines is 2. The molecule has 3 rings (SSSR count). The molecule has 1 heterocycles. The Kier molecular flexibility index (Phi) is 5.02. The summed E-state index contributed by atoms with van der Waals surface area (Å²) in [7, 11) is 1.84.